The molecule has 3 rings (SSSR count). The van der Waals surface area contributed by atoms with Gasteiger partial charge in [-0.2, -0.15) is 0 Å². The van der Waals surface area contributed by atoms with Crippen molar-refractivity contribution in [3.05, 3.63) is 78.4 Å². The number of nitrogen functional groups attached to an aromatic ring is 1. The summed E-state index contributed by atoms with van der Waals surface area (Å²) in [5, 5.41) is 13.1. The molecule has 0 radical (unpaired) electrons. The van der Waals surface area contributed by atoms with Crippen molar-refractivity contribution < 1.29 is 22.7 Å². The Hall–Kier alpha value is -4.18. The minimum absolute atomic E-state index is 0.0895. The number of sulfone groups is 1. The standard InChI is InChI=1S/C25H26N4O5S/c1-3-34-25(31)22(28-19-8-6-7-17(15-19)23(26)27)24(30)29-18-13-11-16(12-14-18)20-9-4-5-10-21(20)35(2,32)33/h4-15,22,28H,3H2,1-2H3,(H3,26,27)(H,29,30)/t22-/m0/s1. The van der Waals surface area contributed by atoms with Crippen molar-refractivity contribution in [3.63, 3.8) is 0 Å². The summed E-state index contributed by atoms with van der Waals surface area (Å²) in [6, 6.07) is 18.4. The van der Waals surface area contributed by atoms with Crippen molar-refractivity contribution in [1.82, 2.24) is 0 Å². The Balaban J connectivity index is 1.82. The van der Waals surface area contributed by atoms with Crippen LogP contribution in [0.4, 0.5) is 11.4 Å². The zero-order valence-electron chi connectivity index (χ0n) is 19.2. The predicted molar refractivity (Wildman–Crippen MR) is 135 cm³/mol. The molecule has 0 saturated heterocycles. The molecule has 1 atom stereocenters. The topological polar surface area (TPSA) is 151 Å². The highest BCUT2D eigenvalue weighted by molar-refractivity contribution is 7.90. The average molecular weight is 495 g/mol. The van der Waals surface area contributed by atoms with Gasteiger partial charge in [0.2, 0.25) is 6.04 Å². The number of amidine groups is 1. The summed E-state index contributed by atoms with van der Waals surface area (Å²) in [6.07, 6.45) is 1.15. The fourth-order valence-electron chi connectivity index (χ4n) is 3.38. The Morgan fingerprint density at radius 1 is 1.00 bits per heavy atom. The molecule has 5 N–H and O–H groups in total. The zero-order valence-corrected chi connectivity index (χ0v) is 20.1. The number of nitrogens with one attached hydrogen (secondary N) is 3. The molecule has 0 aromatic heterocycles. The second-order valence-electron chi connectivity index (χ2n) is 7.66. The molecule has 0 saturated carbocycles. The lowest BCUT2D eigenvalue weighted by Gasteiger charge is -2.19. The van der Waals surface area contributed by atoms with Gasteiger partial charge in [-0.25, -0.2) is 13.2 Å². The van der Waals surface area contributed by atoms with Crippen LogP contribution in [0.2, 0.25) is 0 Å². The normalized spacial score (nSPS) is 11.8. The average Bonchev–Trinajstić information content (AvgIpc) is 2.82. The van der Waals surface area contributed by atoms with E-state index in [9.17, 15) is 18.0 Å². The molecule has 3 aromatic carbocycles. The Kier molecular flexibility index (Phi) is 7.87. The third-order valence-corrected chi connectivity index (χ3v) is 6.17. The minimum atomic E-state index is -3.43. The summed E-state index contributed by atoms with van der Waals surface area (Å²) in [4.78, 5) is 25.7. The van der Waals surface area contributed by atoms with Gasteiger partial charge in [-0.05, 0) is 42.8 Å². The molecule has 9 nitrogen and oxygen atoms in total. The molecule has 3 aromatic rings. The van der Waals surface area contributed by atoms with E-state index >= 15 is 0 Å². The van der Waals surface area contributed by atoms with E-state index in [2.05, 4.69) is 10.6 Å². The lowest BCUT2D eigenvalue weighted by molar-refractivity contribution is -0.146. The van der Waals surface area contributed by atoms with Gasteiger partial charge in [-0.15, -0.1) is 0 Å². The lowest BCUT2D eigenvalue weighted by atomic mass is 10.1. The molecule has 0 unspecified atom stereocenters. The minimum Gasteiger partial charge on any atom is -0.464 e. The van der Waals surface area contributed by atoms with E-state index in [4.69, 9.17) is 15.9 Å². The van der Waals surface area contributed by atoms with Gasteiger partial charge in [0.25, 0.3) is 5.91 Å². The van der Waals surface area contributed by atoms with Crippen LogP contribution in [-0.2, 0) is 24.2 Å². The van der Waals surface area contributed by atoms with E-state index < -0.39 is 27.8 Å². The number of carbonyl (C=O) groups excluding carboxylic acids is 2. The van der Waals surface area contributed by atoms with Crippen molar-refractivity contribution >= 4 is 38.9 Å². The van der Waals surface area contributed by atoms with E-state index in [1.807, 2.05) is 0 Å². The van der Waals surface area contributed by atoms with Crippen LogP contribution >= 0.6 is 0 Å². The maximum absolute atomic E-state index is 13.0. The number of hydrogen-bond donors (Lipinski definition) is 4. The van der Waals surface area contributed by atoms with Gasteiger partial charge >= 0.3 is 5.97 Å². The van der Waals surface area contributed by atoms with Gasteiger partial charge in [0.1, 0.15) is 5.84 Å². The molecule has 0 bridgehead atoms. The Morgan fingerprint density at radius 2 is 1.69 bits per heavy atom. The third-order valence-electron chi connectivity index (χ3n) is 5.02. The van der Waals surface area contributed by atoms with Crippen LogP contribution in [0.3, 0.4) is 0 Å². The number of amides is 1. The van der Waals surface area contributed by atoms with Crippen molar-refractivity contribution in [2.45, 2.75) is 17.9 Å². The number of ether oxygens (including phenoxy) is 1. The largest absolute Gasteiger partial charge is 0.464 e. The number of benzene rings is 3. The van der Waals surface area contributed by atoms with Crippen molar-refractivity contribution in [1.29, 1.82) is 5.41 Å². The molecule has 0 spiro atoms. The Morgan fingerprint density at radius 3 is 2.31 bits per heavy atom. The van der Waals surface area contributed by atoms with Crippen LogP contribution in [0.15, 0.2) is 77.7 Å². The first kappa shape index (κ1) is 25.4. The molecule has 0 aliphatic rings. The number of rotatable bonds is 9. The number of esters is 1. The van der Waals surface area contributed by atoms with E-state index in [1.165, 1.54) is 6.07 Å². The molecule has 0 aliphatic heterocycles. The molecule has 182 valence electrons. The van der Waals surface area contributed by atoms with Gasteiger partial charge in [-0.3, -0.25) is 10.2 Å². The van der Waals surface area contributed by atoms with Crippen LogP contribution in [0.5, 0.6) is 0 Å². The molecule has 0 aliphatic carbocycles. The van der Waals surface area contributed by atoms with Gasteiger partial charge in [-0.1, -0.05) is 42.5 Å². The number of hydrogen-bond acceptors (Lipinski definition) is 7. The number of anilines is 2. The summed E-state index contributed by atoms with van der Waals surface area (Å²) in [7, 11) is -3.43. The van der Waals surface area contributed by atoms with Gasteiger partial charge in [0.15, 0.2) is 9.84 Å². The first-order chi connectivity index (χ1) is 16.6. The SMILES string of the molecule is CCOC(=O)[C@@H](Nc1cccc(C(=N)N)c1)C(=O)Nc1ccc(-c2ccccc2S(C)(=O)=O)cc1. The quantitative estimate of drug-likeness (QED) is 0.154. The first-order valence-corrected chi connectivity index (χ1v) is 12.6. The highest BCUT2D eigenvalue weighted by Crippen LogP contribution is 2.28. The van der Waals surface area contributed by atoms with E-state index in [0.717, 1.165) is 6.26 Å². The maximum Gasteiger partial charge on any atom is 0.338 e. The summed E-state index contributed by atoms with van der Waals surface area (Å²) in [5.41, 5.74) is 7.98. The summed E-state index contributed by atoms with van der Waals surface area (Å²) < 4.78 is 29.3. The second-order valence-corrected chi connectivity index (χ2v) is 9.64. The smallest absolute Gasteiger partial charge is 0.338 e. The fourth-order valence-corrected chi connectivity index (χ4v) is 4.29. The van der Waals surface area contributed by atoms with Crippen LogP contribution in [0.1, 0.15) is 12.5 Å². The summed E-state index contributed by atoms with van der Waals surface area (Å²) in [5.74, 6) is -1.57. The molecule has 35 heavy (non-hydrogen) atoms. The van der Waals surface area contributed by atoms with Gasteiger partial charge < -0.3 is 21.1 Å². The lowest BCUT2D eigenvalue weighted by Crippen LogP contribution is -2.42. The molecule has 1 amide bonds. The van der Waals surface area contributed by atoms with E-state index in [1.54, 1.807) is 73.7 Å². The number of nitrogens with two attached hydrogens (primary N) is 1. The first-order valence-electron chi connectivity index (χ1n) is 10.7. The summed E-state index contributed by atoms with van der Waals surface area (Å²) in [6.45, 7) is 1.72. The highest BCUT2D eigenvalue weighted by atomic mass is 32.2. The van der Waals surface area contributed by atoms with Crippen molar-refractivity contribution in [2.75, 3.05) is 23.5 Å². The predicted octanol–water partition coefficient (Wildman–Crippen LogP) is 3.02. The number of carbonyl (C=O) groups is 2. The Labute approximate surface area is 203 Å². The molecule has 0 fully saturated rings. The second kappa shape index (κ2) is 10.8. The Bertz CT molecular complexity index is 1350. The van der Waals surface area contributed by atoms with Gasteiger partial charge in [0, 0.05) is 28.8 Å². The molecule has 10 heteroatoms. The van der Waals surface area contributed by atoms with Crippen molar-refractivity contribution in [3.8, 4) is 11.1 Å². The maximum atomic E-state index is 13.0. The molecule has 0 heterocycles. The summed E-state index contributed by atoms with van der Waals surface area (Å²) >= 11 is 0. The fraction of sp³-hybridized carbons (Fsp3) is 0.160. The van der Waals surface area contributed by atoms with Crippen LogP contribution in [0.25, 0.3) is 11.1 Å². The highest BCUT2D eigenvalue weighted by Gasteiger charge is 2.28. The van der Waals surface area contributed by atoms with Crippen LogP contribution in [-0.4, -0.2) is 45.0 Å². The molecular weight excluding hydrogens is 468 g/mol. The molecular formula is C25H26N4O5S. The third kappa shape index (κ3) is 6.45. The monoisotopic (exact) mass is 494 g/mol. The van der Waals surface area contributed by atoms with E-state index in [-0.39, 0.29) is 17.3 Å². The van der Waals surface area contributed by atoms with Crippen LogP contribution in [0, 0.1) is 5.41 Å². The van der Waals surface area contributed by atoms with Crippen LogP contribution < -0.4 is 16.4 Å². The van der Waals surface area contributed by atoms with E-state index in [0.29, 0.717) is 28.1 Å². The van der Waals surface area contributed by atoms with Crippen molar-refractivity contribution in [2.24, 2.45) is 5.73 Å². The van der Waals surface area contributed by atoms with Gasteiger partial charge in [0.05, 0.1) is 11.5 Å². The zero-order chi connectivity index (χ0) is 25.6.